The van der Waals surface area contributed by atoms with Crippen LogP contribution in [-0.2, 0) is 0 Å². The molecule has 1 atom stereocenters. The standard InChI is InChI=1S/C24H28N6O/c1-4-5-6-8-16(2)20-15-21(31)28-23-22(20)17(3)26-24(29-23)27-18-9-11-19(12-10-18)30-14-7-13-25-30/h7,9-16H,4-6,8H2,1-3H3,(H2,26,27,28,29,31). The summed E-state index contributed by atoms with van der Waals surface area (Å²) < 4.78 is 1.80. The summed E-state index contributed by atoms with van der Waals surface area (Å²) in [5, 5.41) is 8.43. The van der Waals surface area contributed by atoms with Crippen LogP contribution in [0.5, 0.6) is 0 Å². The number of benzene rings is 1. The third kappa shape index (κ3) is 4.66. The molecule has 0 bridgehead atoms. The van der Waals surface area contributed by atoms with Gasteiger partial charge in [-0.15, -0.1) is 0 Å². The molecule has 4 rings (SSSR count). The van der Waals surface area contributed by atoms with Crippen molar-refractivity contribution in [1.29, 1.82) is 0 Å². The van der Waals surface area contributed by atoms with Gasteiger partial charge in [0.2, 0.25) is 11.5 Å². The number of aromatic nitrogens is 5. The Hall–Kier alpha value is -3.48. The lowest BCUT2D eigenvalue weighted by Gasteiger charge is -2.16. The fraction of sp³-hybridized carbons (Fsp3) is 0.333. The Morgan fingerprint density at radius 2 is 1.97 bits per heavy atom. The molecule has 3 aromatic heterocycles. The Balaban J connectivity index is 1.62. The van der Waals surface area contributed by atoms with E-state index < -0.39 is 0 Å². The third-order valence-electron chi connectivity index (χ3n) is 5.57. The van der Waals surface area contributed by atoms with E-state index in [0.29, 0.717) is 11.6 Å². The van der Waals surface area contributed by atoms with Gasteiger partial charge in [0.1, 0.15) is 5.65 Å². The second-order valence-electron chi connectivity index (χ2n) is 7.96. The number of rotatable bonds is 8. The highest BCUT2D eigenvalue weighted by atomic mass is 16.1. The maximum absolute atomic E-state index is 12.3. The molecule has 7 heteroatoms. The fourth-order valence-electron chi connectivity index (χ4n) is 3.92. The first-order valence-electron chi connectivity index (χ1n) is 10.8. The number of aromatic amines is 1. The molecule has 1 aromatic carbocycles. The maximum atomic E-state index is 12.3. The van der Waals surface area contributed by atoms with Gasteiger partial charge in [0.05, 0.1) is 11.4 Å². The number of hydrogen-bond acceptors (Lipinski definition) is 5. The molecule has 3 heterocycles. The SMILES string of the molecule is CCCCCC(C)c1cc(=O)[nH]c2nc(Nc3ccc(-n4cccn4)cc3)nc(C)c12. The second kappa shape index (κ2) is 9.12. The van der Waals surface area contributed by atoms with E-state index in [1.54, 1.807) is 16.9 Å². The second-order valence-corrected chi connectivity index (χ2v) is 7.96. The molecule has 160 valence electrons. The Labute approximate surface area is 181 Å². The van der Waals surface area contributed by atoms with Gasteiger partial charge in [-0.05, 0) is 55.2 Å². The van der Waals surface area contributed by atoms with Crippen LogP contribution in [0.3, 0.4) is 0 Å². The number of fused-ring (bicyclic) bond motifs is 1. The number of pyridine rings is 1. The predicted octanol–water partition coefficient (Wildman–Crippen LogP) is 5.24. The van der Waals surface area contributed by atoms with E-state index in [-0.39, 0.29) is 11.5 Å². The maximum Gasteiger partial charge on any atom is 0.249 e. The van der Waals surface area contributed by atoms with Crippen molar-refractivity contribution in [1.82, 2.24) is 24.7 Å². The summed E-state index contributed by atoms with van der Waals surface area (Å²) in [5.41, 5.74) is 4.17. The molecule has 31 heavy (non-hydrogen) atoms. The zero-order valence-corrected chi connectivity index (χ0v) is 18.2. The molecule has 0 aliphatic heterocycles. The van der Waals surface area contributed by atoms with Crippen LogP contribution < -0.4 is 10.9 Å². The van der Waals surface area contributed by atoms with Crippen LogP contribution >= 0.6 is 0 Å². The molecule has 2 N–H and O–H groups in total. The van der Waals surface area contributed by atoms with E-state index in [0.717, 1.165) is 40.9 Å². The van der Waals surface area contributed by atoms with Crippen molar-refractivity contribution >= 4 is 22.7 Å². The normalized spacial score (nSPS) is 12.2. The molecule has 0 fully saturated rings. The fourth-order valence-corrected chi connectivity index (χ4v) is 3.92. The summed E-state index contributed by atoms with van der Waals surface area (Å²) in [6.45, 7) is 6.35. The smallest absolute Gasteiger partial charge is 0.249 e. The van der Waals surface area contributed by atoms with Gasteiger partial charge in [-0.1, -0.05) is 33.1 Å². The van der Waals surface area contributed by atoms with Gasteiger partial charge in [-0.25, -0.2) is 9.67 Å². The van der Waals surface area contributed by atoms with Crippen LogP contribution in [0, 0.1) is 6.92 Å². The van der Waals surface area contributed by atoms with E-state index in [1.807, 2.05) is 43.5 Å². The zero-order valence-electron chi connectivity index (χ0n) is 18.2. The molecule has 0 radical (unpaired) electrons. The minimum absolute atomic E-state index is 0.127. The summed E-state index contributed by atoms with van der Waals surface area (Å²) in [6.07, 6.45) is 8.23. The molecule has 1 unspecified atom stereocenters. The zero-order chi connectivity index (χ0) is 21.8. The third-order valence-corrected chi connectivity index (χ3v) is 5.57. The van der Waals surface area contributed by atoms with Crippen LogP contribution in [0.25, 0.3) is 16.7 Å². The topological polar surface area (TPSA) is 88.5 Å². The number of nitrogens with one attached hydrogen (secondary N) is 2. The molecular weight excluding hydrogens is 388 g/mol. The largest absolute Gasteiger partial charge is 0.324 e. The number of anilines is 2. The van der Waals surface area contributed by atoms with Crippen LogP contribution in [0.1, 0.15) is 56.7 Å². The van der Waals surface area contributed by atoms with Crippen molar-refractivity contribution in [3.05, 3.63) is 70.4 Å². The minimum Gasteiger partial charge on any atom is -0.324 e. The molecule has 0 amide bonds. The lowest BCUT2D eigenvalue weighted by Crippen LogP contribution is -2.12. The molecule has 4 aromatic rings. The van der Waals surface area contributed by atoms with E-state index in [2.05, 4.69) is 39.2 Å². The van der Waals surface area contributed by atoms with Gasteiger partial charge in [0.15, 0.2) is 0 Å². The highest BCUT2D eigenvalue weighted by molar-refractivity contribution is 5.82. The number of unbranched alkanes of at least 4 members (excludes halogenated alkanes) is 2. The molecular formula is C24H28N6O. The average molecular weight is 417 g/mol. The molecule has 0 aliphatic carbocycles. The van der Waals surface area contributed by atoms with Crippen molar-refractivity contribution in [3.8, 4) is 5.69 Å². The van der Waals surface area contributed by atoms with Crippen molar-refractivity contribution < 1.29 is 0 Å². The van der Waals surface area contributed by atoms with E-state index in [1.165, 1.54) is 12.8 Å². The summed E-state index contributed by atoms with van der Waals surface area (Å²) in [7, 11) is 0. The van der Waals surface area contributed by atoms with Gasteiger partial charge < -0.3 is 10.3 Å². The lowest BCUT2D eigenvalue weighted by molar-refractivity contribution is 0.599. The predicted molar refractivity (Wildman–Crippen MR) is 124 cm³/mol. The van der Waals surface area contributed by atoms with Crippen molar-refractivity contribution in [2.45, 2.75) is 52.4 Å². The molecule has 0 spiro atoms. The quantitative estimate of drug-likeness (QED) is 0.384. The van der Waals surface area contributed by atoms with E-state index in [9.17, 15) is 4.79 Å². The number of H-pyrrole nitrogens is 1. The van der Waals surface area contributed by atoms with Crippen molar-refractivity contribution in [3.63, 3.8) is 0 Å². The molecule has 0 saturated carbocycles. The lowest BCUT2D eigenvalue weighted by atomic mass is 9.92. The van der Waals surface area contributed by atoms with Crippen LogP contribution in [0.2, 0.25) is 0 Å². The van der Waals surface area contributed by atoms with Crippen molar-refractivity contribution in [2.75, 3.05) is 5.32 Å². The van der Waals surface area contributed by atoms with Gasteiger partial charge in [0.25, 0.3) is 0 Å². The first-order chi connectivity index (χ1) is 15.0. The van der Waals surface area contributed by atoms with Gasteiger partial charge >= 0.3 is 0 Å². The summed E-state index contributed by atoms with van der Waals surface area (Å²) in [4.78, 5) is 24.5. The van der Waals surface area contributed by atoms with Gasteiger partial charge in [-0.3, -0.25) is 4.79 Å². The molecule has 0 saturated heterocycles. The number of hydrogen-bond donors (Lipinski definition) is 2. The molecule has 7 nitrogen and oxygen atoms in total. The summed E-state index contributed by atoms with van der Waals surface area (Å²) in [6, 6.07) is 11.4. The van der Waals surface area contributed by atoms with Crippen LogP contribution in [0.4, 0.5) is 11.6 Å². The van der Waals surface area contributed by atoms with Crippen molar-refractivity contribution in [2.24, 2.45) is 0 Å². The highest BCUT2D eigenvalue weighted by Gasteiger charge is 2.16. The minimum atomic E-state index is -0.127. The summed E-state index contributed by atoms with van der Waals surface area (Å²) in [5.74, 6) is 0.746. The van der Waals surface area contributed by atoms with E-state index >= 15 is 0 Å². The van der Waals surface area contributed by atoms with Gasteiger partial charge in [-0.2, -0.15) is 10.1 Å². The summed E-state index contributed by atoms with van der Waals surface area (Å²) >= 11 is 0. The Morgan fingerprint density at radius 1 is 1.16 bits per heavy atom. The highest BCUT2D eigenvalue weighted by Crippen LogP contribution is 2.29. The van der Waals surface area contributed by atoms with Gasteiger partial charge in [0, 0.05) is 29.5 Å². The van der Waals surface area contributed by atoms with E-state index in [4.69, 9.17) is 0 Å². The number of nitrogens with zero attached hydrogens (tertiary/aromatic N) is 4. The molecule has 0 aliphatic rings. The first kappa shape index (κ1) is 20.8. The Bertz CT molecular complexity index is 1210. The van der Waals surface area contributed by atoms with Crippen LogP contribution in [0.15, 0.2) is 53.6 Å². The number of aryl methyl sites for hydroxylation is 1. The first-order valence-corrected chi connectivity index (χ1v) is 10.8. The average Bonchev–Trinajstić information content (AvgIpc) is 3.28. The Kier molecular flexibility index (Phi) is 6.11. The monoisotopic (exact) mass is 416 g/mol. The van der Waals surface area contributed by atoms with Crippen LogP contribution in [-0.4, -0.2) is 24.7 Å². The Morgan fingerprint density at radius 3 is 2.68 bits per heavy atom.